The molecular formula is C20H17F2N5O5. The number of alkyl halides is 2. The second-order valence-electron chi connectivity index (χ2n) is 6.64. The SMILES string of the molecule is COc1cc(-c2noc(COC(=O)c3cnc4c(c3)c(C)nn4C)n2)ccc1OC(F)F. The van der Waals surface area contributed by atoms with Crippen LogP contribution in [0.2, 0.25) is 0 Å². The van der Waals surface area contributed by atoms with E-state index in [1.807, 2.05) is 6.92 Å². The number of nitrogens with zero attached hydrogens (tertiary/aromatic N) is 5. The van der Waals surface area contributed by atoms with Crippen LogP contribution in [0.15, 0.2) is 35.0 Å². The molecule has 0 radical (unpaired) electrons. The molecule has 0 unspecified atom stereocenters. The van der Waals surface area contributed by atoms with Crippen LogP contribution in [0.3, 0.4) is 0 Å². The van der Waals surface area contributed by atoms with Crippen molar-refractivity contribution in [1.29, 1.82) is 0 Å². The number of methoxy groups -OCH3 is 1. The van der Waals surface area contributed by atoms with Crippen LogP contribution in [-0.4, -0.2) is 44.6 Å². The van der Waals surface area contributed by atoms with E-state index in [4.69, 9.17) is 14.0 Å². The van der Waals surface area contributed by atoms with Crippen LogP contribution >= 0.6 is 0 Å². The minimum absolute atomic E-state index is 0.0480. The van der Waals surface area contributed by atoms with E-state index in [2.05, 4.69) is 25.0 Å². The molecule has 0 aliphatic carbocycles. The molecular weight excluding hydrogens is 428 g/mol. The maximum Gasteiger partial charge on any atom is 0.387 e. The van der Waals surface area contributed by atoms with E-state index in [9.17, 15) is 13.6 Å². The molecule has 4 aromatic rings. The van der Waals surface area contributed by atoms with Crippen molar-refractivity contribution in [3.8, 4) is 22.9 Å². The highest BCUT2D eigenvalue weighted by Crippen LogP contribution is 2.32. The molecule has 0 spiro atoms. The second kappa shape index (κ2) is 8.57. The zero-order valence-corrected chi connectivity index (χ0v) is 17.2. The standard InChI is InChI=1S/C20H17F2N5O5/c1-10-13-6-12(8-23-18(13)27(2)25-10)19(28)30-9-16-24-17(26-32-16)11-4-5-14(31-20(21)22)15(7-11)29-3/h4-8,20H,9H2,1-3H3. The van der Waals surface area contributed by atoms with Crippen LogP contribution < -0.4 is 9.47 Å². The normalized spacial score (nSPS) is 11.2. The molecule has 0 atom stereocenters. The number of esters is 1. The van der Waals surface area contributed by atoms with Crippen LogP contribution in [0.25, 0.3) is 22.4 Å². The molecule has 3 heterocycles. The molecule has 4 rings (SSSR count). The van der Waals surface area contributed by atoms with Crippen molar-refractivity contribution in [2.75, 3.05) is 7.11 Å². The molecule has 3 aromatic heterocycles. The largest absolute Gasteiger partial charge is 0.493 e. The first-order valence-corrected chi connectivity index (χ1v) is 9.28. The van der Waals surface area contributed by atoms with Gasteiger partial charge in [0.25, 0.3) is 5.89 Å². The van der Waals surface area contributed by atoms with Gasteiger partial charge in [-0.1, -0.05) is 5.16 Å². The topological polar surface area (TPSA) is 114 Å². The van der Waals surface area contributed by atoms with E-state index in [-0.39, 0.29) is 35.4 Å². The third kappa shape index (κ3) is 4.19. The first-order chi connectivity index (χ1) is 15.4. The lowest BCUT2D eigenvalue weighted by atomic mass is 10.2. The molecule has 0 aliphatic rings. The Kier molecular flexibility index (Phi) is 5.67. The van der Waals surface area contributed by atoms with Gasteiger partial charge in [0.2, 0.25) is 5.82 Å². The summed E-state index contributed by atoms with van der Waals surface area (Å²) in [6, 6.07) is 5.86. The number of carbonyl (C=O) groups excluding carboxylic acids is 1. The number of carbonyl (C=O) groups is 1. The summed E-state index contributed by atoms with van der Waals surface area (Å²) in [7, 11) is 3.08. The summed E-state index contributed by atoms with van der Waals surface area (Å²) in [5.74, 6) is -0.455. The minimum atomic E-state index is -2.99. The Hall–Kier alpha value is -4.09. The van der Waals surface area contributed by atoms with E-state index in [1.165, 1.54) is 31.5 Å². The first-order valence-electron chi connectivity index (χ1n) is 9.28. The molecule has 0 saturated heterocycles. The number of fused-ring (bicyclic) bond motifs is 1. The van der Waals surface area contributed by atoms with Gasteiger partial charge in [-0.2, -0.15) is 18.9 Å². The lowest BCUT2D eigenvalue weighted by Crippen LogP contribution is -2.06. The van der Waals surface area contributed by atoms with Crippen molar-refractivity contribution in [2.24, 2.45) is 7.05 Å². The van der Waals surface area contributed by atoms with Crippen LogP contribution in [0.1, 0.15) is 21.9 Å². The van der Waals surface area contributed by atoms with Crippen molar-refractivity contribution in [3.63, 3.8) is 0 Å². The maximum atomic E-state index is 12.5. The van der Waals surface area contributed by atoms with Crippen LogP contribution in [0.4, 0.5) is 8.78 Å². The molecule has 0 saturated carbocycles. The molecule has 0 N–H and O–H groups in total. The van der Waals surface area contributed by atoms with Crippen molar-refractivity contribution in [2.45, 2.75) is 20.1 Å². The molecule has 0 amide bonds. The summed E-state index contributed by atoms with van der Waals surface area (Å²) < 4.78 is 46.3. The fourth-order valence-electron chi connectivity index (χ4n) is 3.06. The minimum Gasteiger partial charge on any atom is -0.493 e. The van der Waals surface area contributed by atoms with E-state index in [1.54, 1.807) is 17.8 Å². The Morgan fingerprint density at radius 2 is 2.06 bits per heavy atom. The highest BCUT2D eigenvalue weighted by atomic mass is 19.3. The molecule has 0 bridgehead atoms. The Balaban J connectivity index is 1.45. The van der Waals surface area contributed by atoms with E-state index >= 15 is 0 Å². The average molecular weight is 445 g/mol. The Morgan fingerprint density at radius 3 is 2.81 bits per heavy atom. The molecule has 10 nitrogen and oxygen atoms in total. The van der Waals surface area contributed by atoms with Gasteiger partial charge in [0.05, 0.1) is 18.4 Å². The van der Waals surface area contributed by atoms with Gasteiger partial charge in [0, 0.05) is 24.2 Å². The number of hydrogen-bond donors (Lipinski definition) is 0. The van der Waals surface area contributed by atoms with Gasteiger partial charge in [0.1, 0.15) is 0 Å². The van der Waals surface area contributed by atoms with E-state index in [0.29, 0.717) is 11.2 Å². The van der Waals surface area contributed by atoms with Crippen molar-refractivity contribution >= 4 is 17.0 Å². The van der Waals surface area contributed by atoms with Crippen LogP contribution in [0.5, 0.6) is 11.5 Å². The van der Waals surface area contributed by atoms with Gasteiger partial charge in [-0.25, -0.2) is 9.78 Å². The molecule has 0 aliphatic heterocycles. The number of benzene rings is 1. The third-order valence-corrected chi connectivity index (χ3v) is 4.53. The molecule has 12 heteroatoms. The highest BCUT2D eigenvalue weighted by Gasteiger charge is 2.17. The second-order valence-corrected chi connectivity index (χ2v) is 6.64. The third-order valence-electron chi connectivity index (χ3n) is 4.53. The molecule has 32 heavy (non-hydrogen) atoms. The predicted octanol–water partition coefficient (Wildman–Crippen LogP) is 3.29. The number of aromatic nitrogens is 5. The van der Waals surface area contributed by atoms with Gasteiger partial charge in [-0.15, -0.1) is 0 Å². The van der Waals surface area contributed by atoms with Crippen molar-refractivity contribution < 1.29 is 32.3 Å². The fraction of sp³-hybridized carbons (Fsp3) is 0.250. The van der Waals surface area contributed by atoms with E-state index < -0.39 is 12.6 Å². The van der Waals surface area contributed by atoms with Gasteiger partial charge in [-0.3, -0.25) is 4.68 Å². The number of ether oxygens (including phenoxy) is 3. The average Bonchev–Trinajstić information content (AvgIpc) is 3.36. The smallest absolute Gasteiger partial charge is 0.387 e. The monoisotopic (exact) mass is 445 g/mol. The van der Waals surface area contributed by atoms with Crippen LogP contribution in [-0.2, 0) is 18.4 Å². The first kappa shape index (κ1) is 21.2. The highest BCUT2D eigenvalue weighted by molar-refractivity contribution is 5.93. The summed E-state index contributed by atoms with van der Waals surface area (Å²) in [4.78, 5) is 20.8. The Bertz CT molecular complexity index is 1290. The summed E-state index contributed by atoms with van der Waals surface area (Å²) in [6.07, 6.45) is 1.40. The van der Waals surface area contributed by atoms with Gasteiger partial charge in [0.15, 0.2) is 23.8 Å². The van der Waals surface area contributed by atoms with Gasteiger partial charge < -0.3 is 18.7 Å². The zero-order valence-electron chi connectivity index (χ0n) is 17.2. The van der Waals surface area contributed by atoms with Crippen LogP contribution in [0, 0.1) is 6.92 Å². The number of pyridine rings is 1. The predicted molar refractivity (Wildman–Crippen MR) is 105 cm³/mol. The Morgan fingerprint density at radius 1 is 1.25 bits per heavy atom. The van der Waals surface area contributed by atoms with Crippen molar-refractivity contribution in [1.82, 2.24) is 24.9 Å². The molecule has 0 fully saturated rings. The summed E-state index contributed by atoms with van der Waals surface area (Å²) in [5.41, 5.74) is 2.09. The fourth-order valence-corrected chi connectivity index (χ4v) is 3.06. The summed E-state index contributed by atoms with van der Waals surface area (Å²) in [5, 5.41) is 8.82. The summed E-state index contributed by atoms with van der Waals surface area (Å²) >= 11 is 0. The summed E-state index contributed by atoms with van der Waals surface area (Å²) in [6.45, 7) is -1.43. The Labute approximate surface area is 179 Å². The number of aryl methyl sites for hydroxylation is 2. The maximum absolute atomic E-state index is 12.5. The molecule has 1 aromatic carbocycles. The molecule has 166 valence electrons. The van der Waals surface area contributed by atoms with E-state index in [0.717, 1.165) is 11.1 Å². The quantitative estimate of drug-likeness (QED) is 0.395. The number of halogens is 2. The lowest BCUT2D eigenvalue weighted by molar-refractivity contribution is -0.0512. The number of hydrogen-bond acceptors (Lipinski definition) is 9. The zero-order chi connectivity index (χ0) is 22.8. The van der Waals surface area contributed by atoms with Gasteiger partial charge in [-0.05, 0) is 31.2 Å². The number of rotatable bonds is 7. The van der Waals surface area contributed by atoms with Crippen molar-refractivity contribution in [3.05, 3.63) is 47.6 Å². The van der Waals surface area contributed by atoms with Gasteiger partial charge >= 0.3 is 12.6 Å². The lowest BCUT2D eigenvalue weighted by Gasteiger charge is -2.10.